The van der Waals surface area contributed by atoms with E-state index >= 15 is 0 Å². The second kappa shape index (κ2) is 4.99. The summed E-state index contributed by atoms with van der Waals surface area (Å²) in [4.78, 5) is 7.62. The van der Waals surface area contributed by atoms with Gasteiger partial charge in [-0.15, -0.1) is 0 Å². The van der Waals surface area contributed by atoms with Gasteiger partial charge >= 0.3 is 0 Å². The van der Waals surface area contributed by atoms with Crippen LogP contribution in [0.25, 0.3) is 0 Å². The third-order valence-electron chi connectivity index (χ3n) is 2.31. The molecule has 0 saturated heterocycles. The molecule has 2 heterocycles. The summed E-state index contributed by atoms with van der Waals surface area (Å²) in [6.45, 7) is 1.77. The van der Waals surface area contributed by atoms with Gasteiger partial charge in [-0.3, -0.25) is 4.72 Å². The summed E-state index contributed by atoms with van der Waals surface area (Å²) in [5.74, 6) is 0. The molecule has 0 amide bonds. The van der Waals surface area contributed by atoms with Crippen molar-refractivity contribution in [2.24, 2.45) is 7.05 Å². The van der Waals surface area contributed by atoms with Gasteiger partial charge in [0.05, 0.1) is 12.0 Å². The summed E-state index contributed by atoms with van der Waals surface area (Å²) in [6, 6.07) is 1.57. The third kappa shape index (κ3) is 2.83. The fourth-order valence-corrected chi connectivity index (χ4v) is 3.09. The fourth-order valence-electron chi connectivity index (χ4n) is 1.39. The molecule has 0 aliphatic carbocycles. The minimum absolute atomic E-state index is 0.0178. The Labute approximate surface area is 120 Å². The Balaban J connectivity index is 2.42. The van der Waals surface area contributed by atoms with Crippen molar-refractivity contribution in [3.8, 4) is 0 Å². The maximum absolute atomic E-state index is 12.1. The van der Waals surface area contributed by atoms with Crippen LogP contribution in [0.1, 0.15) is 5.56 Å². The van der Waals surface area contributed by atoms with Crippen molar-refractivity contribution in [1.29, 1.82) is 0 Å². The maximum Gasteiger partial charge on any atom is 0.282 e. The van der Waals surface area contributed by atoms with E-state index in [0.717, 1.165) is 5.56 Å². The van der Waals surface area contributed by atoms with E-state index in [1.165, 1.54) is 17.1 Å². The molecule has 0 aliphatic rings. The van der Waals surface area contributed by atoms with Crippen molar-refractivity contribution in [3.05, 3.63) is 34.5 Å². The van der Waals surface area contributed by atoms with E-state index in [2.05, 4.69) is 14.7 Å². The van der Waals surface area contributed by atoms with Crippen LogP contribution in [-0.4, -0.2) is 23.0 Å². The number of sulfonamides is 1. The summed E-state index contributed by atoms with van der Waals surface area (Å²) in [5, 5.41) is -0.181. The summed E-state index contributed by atoms with van der Waals surface area (Å²) < 4.78 is 28.0. The maximum atomic E-state index is 12.1. The molecule has 0 spiro atoms. The van der Waals surface area contributed by atoms with Gasteiger partial charge in [0.25, 0.3) is 10.0 Å². The first-order chi connectivity index (χ1) is 8.81. The topological polar surface area (TPSA) is 76.9 Å². The van der Waals surface area contributed by atoms with Gasteiger partial charge in [0.1, 0.15) is 5.15 Å². The smallest absolute Gasteiger partial charge is 0.282 e. The third-order valence-corrected chi connectivity index (χ3v) is 4.46. The molecule has 0 saturated carbocycles. The molecule has 9 heteroatoms. The Hall–Kier alpha value is -1.31. The van der Waals surface area contributed by atoms with Crippen molar-refractivity contribution < 1.29 is 8.42 Å². The van der Waals surface area contributed by atoms with Crippen molar-refractivity contribution in [2.75, 3.05) is 4.72 Å². The largest absolute Gasteiger partial charge is 0.324 e. The number of hydrogen-bond acceptors (Lipinski definition) is 4. The van der Waals surface area contributed by atoms with E-state index < -0.39 is 10.0 Å². The standard InChI is InChI=1S/C10H10Cl2N4O2S/c1-6-3-7(8(11)13-4-6)15-19(17,18)10-9(12)16(2)5-14-10/h3-5,15H,1-2H3. The summed E-state index contributed by atoms with van der Waals surface area (Å²) in [5.41, 5.74) is 0.956. The van der Waals surface area contributed by atoms with Gasteiger partial charge < -0.3 is 4.57 Å². The number of aryl methyl sites for hydroxylation is 2. The molecule has 0 aromatic carbocycles. The number of nitrogens with one attached hydrogen (secondary N) is 1. The molecule has 0 unspecified atom stereocenters. The number of pyridine rings is 1. The average Bonchev–Trinajstić information content (AvgIpc) is 2.65. The van der Waals surface area contributed by atoms with Crippen LogP contribution in [0, 0.1) is 6.92 Å². The average molecular weight is 321 g/mol. The number of aromatic nitrogens is 3. The van der Waals surface area contributed by atoms with Crippen LogP contribution < -0.4 is 4.72 Å². The molecule has 102 valence electrons. The first kappa shape index (κ1) is 14.1. The van der Waals surface area contributed by atoms with E-state index in [1.807, 2.05) is 0 Å². The first-order valence-corrected chi connectivity index (χ1v) is 7.37. The van der Waals surface area contributed by atoms with Gasteiger partial charge in [-0.25, -0.2) is 9.97 Å². The molecule has 2 aromatic heterocycles. The highest BCUT2D eigenvalue weighted by atomic mass is 35.5. The van der Waals surface area contributed by atoms with E-state index in [9.17, 15) is 8.42 Å². The number of halogens is 2. The number of imidazole rings is 1. The highest BCUT2D eigenvalue weighted by molar-refractivity contribution is 7.92. The van der Waals surface area contributed by atoms with Crippen molar-refractivity contribution in [2.45, 2.75) is 11.9 Å². The van der Waals surface area contributed by atoms with E-state index in [4.69, 9.17) is 23.2 Å². The SMILES string of the molecule is Cc1cnc(Cl)c(NS(=O)(=O)c2ncn(C)c2Cl)c1. The van der Waals surface area contributed by atoms with Crippen LogP contribution in [0.2, 0.25) is 10.3 Å². The highest BCUT2D eigenvalue weighted by Crippen LogP contribution is 2.25. The molecule has 0 bridgehead atoms. The Morgan fingerprint density at radius 1 is 1.32 bits per heavy atom. The first-order valence-electron chi connectivity index (χ1n) is 5.13. The van der Waals surface area contributed by atoms with Gasteiger partial charge in [0.15, 0.2) is 5.15 Å². The van der Waals surface area contributed by atoms with Gasteiger partial charge in [-0.05, 0) is 18.6 Å². The van der Waals surface area contributed by atoms with Crippen molar-refractivity contribution >= 4 is 38.9 Å². The molecule has 0 atom stereocenters. The van der Waals surface area contributed by atoms with E-state index in [-0.39, 0.29) is 21.0 Å². The second-order valence-corrected chi connectivity index (χ2v) is 6.22. The fraction of sp³-hybridized carbons (Fsp3) is 0.200. The van der Waals surface area contributed by atoms with Gasteiger partial charge in [-0.2, -0.15) is 8.42 Å². The summed E-state index contributed by atoms with van der Waals surface area (Å²) in [7, 11) is -2.31. The van der Waals surface area contributed by atoms with Gasteiger partial charge in [0.2, 0.25) is 5.03 Å². The predicted octanol–water partition coefficient (Wildman–Crippen LogP) is 2.23. The normalized spacial score (nSPS) is 11.6. The Kier molecular flexibility index (Phi) is 3.71. The zero-order valence-corrected chi connectivity index (χ0v) is 12.4. The monoisotopic (exact) mass is 320 g/mol. The van der Waals surface area contributed by atoms with E-state index in [1.54, 1.807) is 20.0 Å². The molecule has 1 N–H and O–H groups in total. The zero-order valence-electron chi connectivity index (χ0n) is 10.1. The van der Waals surface area contributed by atoms with E-state index in [0.29, 0.717) is 0 Å². The Morgan fingerprint density at radius 3 is 2.58 bits per heavy atom. The minimum Gasteiger partial charge on any atom is -0.324 e. The minimum atomic E-state index is -3.90. The predicted molar refractivity (Wildman–Crippen MR) is 73.0 cm³/mol. The summed E-state index contributed by atoms with van der Waals surface area (Å²) in [6.07, 6.45) is 2.85. The van der Waals surface area contributed by atoms with Crippen LogP contribution in [-0.2, 0) is 17.1 Å². The van der Waals surface area contributed by atoms with Crippen molar-refractivity contribution in [3.63, 3.8) is 0 Å². The molecule has 0 aliphatic heterocycles. The van der Waals surface area contributed by atoms with Crippen LogP contribution in [0.15, 0.2) is 23.6 Å². The molecular weight excluding hydrogens is 311 g/mol. The number of rotatable bonds is 3. The lowest BCUT2D eigenvalue weighted by atomic mass is 10.3. The number of anilines is 1. The number of nitrogens with zero attached hydrogens (tertiary/aromatic N) is 3. The number of hydrogen-bond donors (Lipinski definition) is 1. The van der Waals surface area contributed by atoms with Gasteiger partial charge in [0, 0.05) is 13.2 Å². The quantitative estimate of drug-likeness (QED) is 0.880. The molecule has 0 radical (unpaired) electrons. The zero-order chi connectivity index (χ0) is 14.2. The van der Waals surface area contributed by atoms with Gasteiger partial charge in [-0.1, -0.05) is 23.2 Å². The lowest BCUT2D eigenvalue weighted by Gasteiger charge is -2.08. The molecular formula is C10H10Cl2N4O2S. The highest BCUT2D eigenvalue weighted by Gasteiger charge is 2.23. The molecule has 0 fully saturated rings. The van der Waals surface area contributed by atoms with Crippen LogP contribution in [0.3, 0.4) is 0 Å². The Bertz CT molecular complexity index is 727. The molecule has 2 rings (SSSR count). The molecule has 2 aromatic rings. The van der Waals surface area contributed by atoms with Crippen molar-refractivity contribution in [1.82, 2.24) is 14.5 Å². The van der Waals surface area contributed by atoms with Crippen LogP contribution >= 0.6 is 23.2 Å². The lowest BCUT2D eigenvalue weighted by Crippen LogP contribution is -2.14. The second-order valence-electron chi connectivity index (χ2n) is 3.91. The van der Waals surface area contributed by atoms with Crippen LogP contribution in [0.4, 0.5) is 5.69 Å². The lowest BCUT2D eigenvalue weighted by molar-refractivity contribution is 0.598. The molecule has 6 nitrogen and oxygen atoms in total. The molecule has 19 heavy (non-hydrogen) atoms. The summed E-state index contributed by atoms with van der Waals surface area (Å²) >= 11 is 11.7. The Morgan fingerprint density at radius 2 is 2.00 bits per heavy atom. The van der Waals surface area contributed by atoms with Crippen LogP contribution in [0.5, 0.6) is 0 Å².